The Morgan fingerprint density at radius 2 is 2.00 bits per heavy atom. The summed E-state index contributed by atoms with van der Waals surface area (Å²) in [7, 11) is 1.41. The number of rotatable bonds is 3. The normalized spacial score (nSPS) is 9.61. The number of nitriles is 1. The van der Waals surface area contributed by atoms with Gasteiger partial charge in [-0.3, -0.25) is 0 Å². The summed E-state index contributed by atoms with van der Waals surface area (Å²) in [4.78, 5) is 0. The first-order valence-electron chi connectivity index (χ1n) is 5.34. The third-order valence-corrected chi connectivity index (χ3v) is 2.48. The Morgan fingerprint density at radius 3 is 2.72 bits per heavy atom. The number of benzene rings is 2. The molecule has 0 unspecified atom stereocenters. The number of halogens is 1. The number of methoxy groups -OCH3 is 1. The zero-order valence-electron chi connectivity index (χ0n) is 9.77. The van der Waals surface area contributed by atoms with Crippen molar-refractivity contribution in [1.29, 1.82) is 5.26 Å². The number of nitrogens with zero attached hydrogens (tertiary/aromatic N) is 1. The molecule has 18 heavy (non-hydrogen) atoms. The van der Waals surface area contributed by atoms with E-state index < -0.39 is 5.82 Å². The molecule has 2 rings (SSSR count). The van der Waals surface area contributed by atoms with Crippen LogP contribution in [0, 0.1) is 17.1 Å². The van der Waals surface area contributed by atoms with E-state index in [1.807, 2.05) is 6.07 Å². The predicted molar refractivity (Wildman–Crippen MR) is 67.4 cm³/mol. The Morgan fingerprint density at radius 1 is 1.22 bits per heavy atom. The maximum Gasteiger partial charge on any atom is 0.165 e. The summed E-state index contributed by atoms with van der Waals surface area (Å²) in [5, 5.41) is 12.0. The van der Waals surface area contributed by atoms with E-state index in [9.17, 15) is 4.39 Å². The SMILES string of the molecule is COc1cc(Nc2ccccc2C#N)ccc1F. The molecule has 3 nitrogen and oxygen atoms in total. The smallest absolute Gasteiger partial charge is 0.165 e. The van der Waals surface area contributed by atoms with Crippen molar-refractivity contribution in [3.63, 3.8) is 0 Å². The van der Waals surface area contributed by atoms with Gasteiger partial charge in [-0.15, -0.1) is 0 Å². The molecule has 0 amide bonds. The van der Waals surface area contributed by atoms with Crippen LogP contribution >= 0.6 is 0 Å². The van der Waals surface area contributed by atoms with Crippen LogP contribution in [0.15, 0.2) is 42.5 Å². The molecule has 1 N–H and O–H groups in total. The van der Waals surface area contributed by atoms with Crippen LogP contribution in [-0.2, 0) is 0 Å². The molecule has 4 heteroatoms. The number of hydrogen-bond donors (Lipinski definition) is 1. The minimum Gasteiger partial charge on any atom is -0.494 e. The number of anilines is 2. The lowest BCUT2D eigenvalue weighted by Crippen LogP contribution is -1.95. The van der Waals surface area contributed by atoms with Crippen molar-refractivity contribution in [2.75, 3.05) is 12.4 Å². The summed E-state index contributed by atoms with van der Waals surface area (Å²) >= 11 is 0. The molecular weight excluding hydrogens is 231 g/mol. The Bertz CT molecular complexity index is 605. The van der Waals surface area contributed by atoms with Crippen LogP contribution in [0.3, 0.4) is 0 Å². The summed E-state index contributed by atoms with van der Waals surface area (Å²) < 4.78 is 18.1. The van der Waals surface area contributed by atoms with Gasteiger partial charge in [0.05, 0.1) is 18.4 Å². The van der Waals surface area contributed by atoms with Crippen molar-refractivity contribution in [2.24, 2.45) is 0 Å². The highest BCUT2D eigenvalue weighted by molar-refractivity contribution is 5.67. The van der Waals surface area contributed by atoms with Crippen LogP contribution in [0.2, 0.25) is 0 Å². The second-order valence-electron chi connectivity index (χ2n) is 3.63. The summed E-state index contributed by atoms with van der Waals surface area (Å²) in [5.41, 5.74) is 1.87. The Labute approximate surface area is 104 Å². The molecular formula is C14H11FN2O. The summed E-state index contributed by atoms with van der Waals surface area (Å²) in [6, 6.07) is 13.6. The van der Waals surface area contributed by atoms with Crippen LogP contribution in [0.4, 0.5) is 15.8 Å². The first-order valence-corrected chi connectivity index (χ1v) is 5.34. The van der Waals surface area contributed by atoms with Crippen molar-refractivity contribution in [3.05, 3.63) is 53.8 Å². The van der Waals surface area contributed by atoms with Gasteiger partial charge in [-0.05, 0) is 24.3 Å². The van der Waals surface area contributed by atoms with Gasteiger partial charge >= 0.3 is 0 Å². The molecule has 0 fully saturated rings. The fraction of sp³-hybridized carbons (Fsp3) is 0.0714. The van der Waals surface area contributed by atoms with Gasteiger partial charge in [-0.25, -0.2) is 4.39 Å². The van der Waals surface area contributed by atoms with Crippen LogP contribution in [0.25, 0.3) is 0 Å². The van der Waals surface area contributed by atoms with Crippen LogP contribution in [0.1, 0.15) is 5.56 Å². The minimum absolute atomic E-state index is 0.162. The molecule has 0 radical (unpaired) electrons. The van der Waals surface area contributed by atoms with Gasteiger partial charge in [0.1, 0.15) is 6.07 Å². The number of nitrogens with one attached hydrogen (secondary N) is 1. The summed E-state index contributed by atoms with van der Waals surface area (Å²) in [5.74, 6) is -0.258. The number of hydrogen-bond acceptors (Lipinski definition) is 3. The fourth-order valence-corrected chi connectivity index (χ4v) is 1.58. The molecule has 2 aromatic carbocycles. The van der Waals surface area contributed by atoms with Gasteiger partial charge in [0.2, 0.25) is 0 Å². The Balaban J connectivity index is 2.32. The van der Waals surface area contributed by atoms with Crippen molar-refractivity contribution in [3.8, 4) is 11.8 Å². The predicted octanol–water partition coefficient (Wildman–Crippen LogP) is 3.45. The Hall–Kier alpha value is -2.54. The van der Waals surface area contributed by atoms with Crippen LogP contribution in [0.5, 0.6) is 5.75 Å². The lowest BCUT2D eigenvalue weighted by atomic mass is 10.2. The highest BCUT2D eigenvalue weighted by Gasteiger charge is 2.05. The fourth-order valence-electron chi connectivity index (χ4n) is 1.58. The molecule has 0 bridgehead atoms. The van der Waals surface area contributed by atoms with Crippen molar-refractivity contribution >= 4 is 11.4 Å². The van der Waals surface area contributed by atoms with Crippen molar-refractivity contribution < 1.29 is 9.13 Å². The molecule has 0 heterocycles. The summed E-state index contributed by atoms with van der Waals surface area (Å²) in [6.45, 7) is 0. The number of para-hydroxylation sites is 1. The van der Waals surface area contributed by atoms with Crippen LogP contribution < -0.4 is 10.1 Å². The van der Waals surface area contributed by atoms with E-state index in [0.717, 1.165) is 0 Å². The topological polar surface area (TPSA) is 45.0 Å². The summed E-state index contributed by atoms with van der Waals surface area (Å²) in [6.07, 6.45) is 0. The van der Waals surface area contributed by atoms with Gasteiger partial charge in [0.25, 0.3) is 0 Å². The minimum atomic E-state index is -0.420. The van der Waals surface area contributed by atoms with E-state index in [1.165, 1.54) is 13.2 Å². The maximum atomic E-state index is 13.2. The second-order valence-corrected chi connectivity index (χ2v) is 3.63. The molecule has 0 saturated heterocycles. The molecule has 0 atom stereocenters. The van der Waals surface area contributed by atoms with Gasteiger partial charge < -0.3 is 10.1 Å². The van der Waals surface area contributed by atoms with E-state index in [4.69, 9.17) is 10.00 Å². The standard InChI is InChI=1S/C14H11FN2O/c1-18-14-8-11(6-7-12(14)15)17-13-5-3-2-4-10(13)9-16/h2-8,17H,1H3. The van der Waals surface area contributed by atoms with Crippen molar-refractivity contribution in [2.45, 2.75) is 0 Å². The molecule has 0 aliphatic rings. The Kier molecular flexibility index (Phi) is 3.44. The van der Waals surface area contributed by atoms with Gasteiger partial charge in [0.15, 0.2) is 11.6 Å². The van der Waals surface area contributed by atoms with E-state index in [2.05, 4.69) is 11.4 Å². The average Bonchev–Trinajstić information content (AvgIpc) is 2.41. The highest BCUT2D eigenvalue weighted by Crippen LogP contribution is 2.25. The van der Waals surface area contributed by atoms with Gasteiger partial charge in [0, 0.05) is 11.8 Å². The third kappa shape index (κ3) is 2.41. The first-order chi connectivity index (χ1) is 8.74. The lowest BCUT2D eigenvalue weighted by molar-refractivity contribution is 0.387. The third-order valence-electron chi connectivity index (χ3n) is 2.48. The molecule has 90 valence electrons. The molecule has 0 aromatic heterocycles. The zero-order valence-corrected chi connectivity index (χ0v) is 9.77. The molecule has 0 spiro atoms. The second kappa shape index (κ2) is 5.19. The highest BCUT2D eigenvalue weighted by atomic mass is 19.1. The zero-order chi connectivity index (χ0) is 13.0. The quantitative estimate of drug-likeness (QED) is 0.896. The van der Waals surface area contributed by atoms with E-state index in [0.29, 0.717) is 16.9 Å². The molecule has 0 aliphatic heterocycles. The largest absolute Gasteiger partial charge is 0.494 e. The van der Waals surface area contributed by atoms with E-state index in [-0.39, 0.29) is 5.75 Å². The number of ether oxygens (including phenoxy) is 1. The maximum absolute atomic E-state index is 13.2. The molecule has 0 saturated carbocycles. The van der Waals surface area contributed by atoms with Crippen molar-refractivity contribution in [1.82, 2.24) is 0 Å². The first kappa shape index (κ1) is 11.9. The monoisotopic (exact) mass is 242 g/mol. The average molecular weight is 242 g/mol. The van der Waals surface area contributed by atoms with E-state index in [1.54, 1.807) is 30.3 Å². The molecule has 0 aliphatic carbocycles. The molecule has 2 aromatic rings. The lowest BCUT2D eigenvalue weighted by Gasteiger charge is -2.09. The van der Waals surface area contributed by atoms with Crippen LogP contribution in [-0.4, -0.2) is 7.11 Å². The van der Waals surface area contributed by atoms with Gasteiger partial charge in [-0.2, -0.15) is 5.26 Å². The van der Waals surface area contributed by atoms with Gasteiger partial charge in [-0.1, -0.05) is 12.1 Å². The van der Waals surface area contributed by atoms with E-state index >= 15 is 0 Å².